The van der Waals surface area contributed by atoms with Crippen LogP contribution in [-0.4, -0.2) is 31.7 Å². The highest BCUT2D eigenvalue weighted by molar-refractivity contribution is 7.90. The Labute approximate surface area is 199 Å². The number of carbonyl (C=O) groups excluding carboxylic acids is 1. The number of benzene rings is 3. The van der Waals surface area contributed by atoms with E-state index in [0.717, 1.165) is 22.7 Å². The van der Waals surface area contributed by atoms with E-state index in [0.29, 0.717) is 29.0 Å². The molecule has 1 unspecified atom stereocenters. The first-order valence-electron chi connectivity index (χ1n) is 10.2. The molecule has 2 amide bonds. The van der Waals surface area contributed by atoms with Crippen molar-refractivity contribution in [3.8, 4) is 6.07 Å². The summed E-state index contributed by atoms with van der Waals surface area (Å²) in [5.41, 5.74) is 1.43. The number of amides is 2. The molecule has 0 aliphatic carbocycles. The number of rotatable bonds is 4. The van der Waals surface area contributed by atoms with Gasteiger partial charge >= 0.3 is 12.2 Å². The summed E-state index contributed by atoms with van der Waals surface area (Å²) < 4.78 is 65.4. The fourth-order valence-electron chi connectivity index (χ4n) is 3.60. The van der Waals surface area contributed by atoms with Crippen molar-refractivity contribution in [3.05, 3.63) is 101 Å². The summed E-state index contributed by atoms with van der Waals surface area (Å²) in [5.74, 6) is -0.372. The lowest BCUT2D eigenvalue weighted by Gasteiger charge is -2.16. The molecule has 11 heteroatoms. The molecular formula is C24H17F3N4O3S. The third-order valence-electron chi connectivity index (χ3n) is 5.37. The van der Waals surface area contributed by atoms with E-state index in [4.69, 9.17) is 5.26 Å². The monoisotopic (exact) mass is 498 g/mol. The van der Waals surface area contributed by atoms with Crippen molar-refractivity contribution < 1.29 is 26.4 Å². The number of sulfonamides is 1. The van der Waals surface area contributed by atoms with Crippen LogP contribution in [0.1, 0.15) is 28.2 Å². The van der Waals surface area contributed by atoms with Gasteiger partial charge in [-0.05, 0) is 47.5 Å². The standard InChI is InChI=1S/C24H17F3N4O3S/c25-24(26,27)19-10-12-20(13-11-19)35(33,34)30-23(32)31-15-21(17-4-2-1-3-5-17)22(29-31)18-8-6-16(14-28)7-9-18/h1-13,21H,15H2,(H,30,32). The molecule has 178 valence electrons. The number of nitriles is 1. The number of urea groups is 1. The van der Waals surface area contributed by atoms with Crippen molar-refractivity contribution in [2.75, 3.05) is 6.54 Å². The highest BCUT2D eigenvalue weighted by Gasteiger charge is 2.34. The minimum Gasteiger partial charge on any atom is -0.246 e. The lowest BCUT2D eigenvalue weighted by Crippen LogP contribution is -2.39. The zero-order valence-electron chi connectivity index (χ0n) is 17.9. The lowest BCUT2D eigenvalue weighted by atomic mass is 9.90. The van der Waals surface area contributed by atoms with Gasteiger partial charge in [0.05, 0.1) is 34.3 Å². The Balaban J connectivity index is 1.60. The van der Waals surface area contributed by atoms with Gasteiger partial charge in [0.25, 0.3) is 10.0 Å². The molecular weight excluding hydrogens is 481 g/mol. The Morgan fingerprint density at radius 3 is 2.20 bits per heavy atom. The van der Waals surface area contributed by atoms with Crippen LogP contribution in [0.4, 0.5) is 18.0 Å². The number of hydrogen-bond donors (Lipinski definition) is 1. The fourth-order valence-corrected chi connectivity index (χ4v) is 4.55. The molecule has 0 fully saturated rings. The maximum atomic E-state index is 12.8. The van der Waals surface area contributed by atoms with Crippen molar-refractivity contribution in [3.63, 3.8) is 0 Å². The molecule has 0 saturated carbocycles. The number of carbonyl (C=O) groups is 1. The molecule has 3 aromatic carbocycles. The van der Waals surface area contributed by atoms with E-state index >= 15 is 0 Å². The first kappa shape index (κ1) is 24.0. The third kappa shape index (κ3) is 5.17. The molecule has 3 aromatic rings. The van der Waals surface area contributed by atoms with Gasteiger partial charge in [0, 0.05) is 5.92 Å². The van der Waals surface area contributed by atoms with E-state index in [1.54, 1.807) is 24.3 Å². The Bertz CT molecular complexity index is 1410. The van der Waals surface area contributed by atoms with Crippen LogP contribution in [0, 0.1) is 11.3 Å². The summed E-state index contributed by atoms with van der Waals surface area (Å²) in [6, 6.07) is 19.6. The van der Waals surface area contributed by atoms with Gasteiger partial charge in [-0.15, -0.1) is 0 Å². The Hall–Kier alpha value is -4.17. The molecule has 0 spiro atoms. The maximum Gasteiger partial charge on any atom is 0.416 e. The second-order valence-electron chi connectivity index (χ2n) is 7.65. The Morgan fingerprint density at radius 1 is 1.00 bits per heavy atom. The summed E-state index contributed by atoms with van der Waals surface area (Å²) in [6.45, 7) is 0.0354. The second-order valence-corrected chi connectivity index (χ2v) is 9.33. The number of nitrogens with zero attached hydrogens (tertiary/aromatic N) is 3. The summed E-state index contributed by atoms with van der Waals surface area (Å²) in [7, 11) is -4.45. The van der Waals surface area contributed by atoms with Gasteiger partial charge in [-0.3, -0.25) is 0 Å². The topological polar surface area (TPSA) is 103 Å². The van der Waals surface area contributed by atoms with Gasteiger partial charge < -0.3 is 0 Å². The van der Waals surface area contributed by atoms with Crippen molar-refractivity contribution in [1.29, 1.82) is 5.26 Å². The summed E-state index contributed by atoms with van der Waals surface area (Å²) in [6.07, 6.45) is -4.62. The van der Waals surface area contributed by atoms with Gasteiger partial charge in [-0.2, -0.15) is 23.5 Å². The average molecular weight is 498 g/mol. The molecule has 1 aliphatic rings. The van der Waals surface area contributed by atoms with Crippen LogP contribution in [0.15, 0.2) is 88.9 Å². The van der Waals surface area contributed by atoms with Crippen LogP contribution < -0.4 is 4.72 Å². The third-order valence-corrected chi connectivity index (χ3v) is 6.71. The molecule has 0 saturated heterocycles. The van der Waals surface area contributed by atoms with Gasteiger partial charge in [-0.1, -0.05) is 42.5 Å². The van der Waals surface area contributed by atoms with E-state index < -0.39 is 32.7 Å². The molecule has 1 aliphatic heterocycles. The normalized spacial score (nSPS) is 15.9. The largest absolute Gasteiger partial charge is 0.416 e. The van der Waals surface area contributed by atoms with E-state index in [1.165, 1.54) is 0 Å². The SMILES string of the molecule is N#Cc1ccc(C2=NN(C(=O)NS(=O)(=O)c3ccc(C(F)(F)F)cc3)CC2c2ccccc2)cc1. The minimum absolute atomic E-state index is 0.0354. The number of hydrogen-bond acceptors (Lipinski definition) is 5. The summed E-state index contributed by atoms with van der Waals surface area (Å²) in [4.78, 5) is 12.3. The van der Waals surface area contributed by atoms with Gasteiger partial charge in [0.2, 0.25) is 0 Å². The van der Waals surface area contributed by atoms with Gasteiger partial charge in [0.1, 0.15) is 0 Å². The summed E-state index contributed by atoms with van der Waals surface area (Å²) in [5, 5.41) is 14.3. The quantitative estimate of drug-likeness (QED) is 0.573. The van der Waals surface area contributed by atoms with Crippen molar-refractivity contribution in [2.24, 2.45) is 5.10 Å². The Morgan fingerprint density at radius 2 is 1.63 bits per heavy atom. The number of nitrogens with one attached hydrogen (secondary N) is 1. The molecule has 0 aromatic heterocycles. The van der Waals surface area contributed by atoms with E-state index in [2.05, 4.69) is 5.10 Å². The van der Waals surface area contributed by atoms with Crippen LogP contribution in [0.3, 0.4) is 0 Å². The molecule has 1 atom stereocenters. The van der Waals surface area contributed by atoms with Crippen LogP contribution >= 0.6 is 0 Å². The number of hydrazone groups is 1. The first-order chi connectivity index (χ1) is 16.6. The van der Waals surface area contributed by atoms with Gasteiger partial charge in [-0.25, -0.2) is 22.9 Å². The molecule has 0 bridgehead atoms. The van der Waals surface area contributed by atoms with E-state index in [-0.39, 0.29) is 12.5 Å². The van der Waals surface area contributed by atoms with Crippen molar-refractivity contribution in [2.45, 2.75) is 17.0 Å². The Kier molecular flexibility index (Phi) is 6.32. The van der Waals surface area contributed by atoms with E-state index in [1.807, 2.05) is 41.1 Å². The molecule has 1 N–H and O–H groups in total. The van der Waals surface area contributed by atoms with Crippen LogP contribution in [0.2, 0.25) is 0 Å². The number of halogens is 3. The van der Waals surface area contributed by atoms with Gasteiger partial charge in [0.15, 0.2) is 0 Å². The molecule has 35 heavy (non-hydrogen) atoms. The lowest BCUT2D eigenvalue weighted by molar-refractivity contribution is -0.137. The highest BCUT2D eigenvalue weighted by atomic mass is 32.2. The first-order valence-corrected chi connectivity index (χ1v) is 11.7. The van der Waals surface area contributed by atoms with Crippen molar-refractivity contribution >= 4 is 21.8 Å². The summed E-state index contributed by atoms with van der Waals surface area (Å²) >= 11 is 0. The predicted molar refractivity (Wildman–Crippen MR) is 121 cm³/mol. The predicted octanol–water partition coefficient (Wildman–Crippen LogP) is 4.48. The molecule has 1 heterocycles. The second kappa shape index (κ2) is 9.23. The highest BCUT2D eigenvalue weighted by Crippen LogP contribution is 2.31. The van der Waals surface area contributed by atoms with Crippen LogP contribution in [-0.2, 0) is 16.2 Å². The van der Waals surface area contributed by atoms with Crippen molar-refractivity contribution in [1.82, 2.24) is 9.73 Å². The minimum atomic E-state index is -4.62. The number of alkyl halides is 3. The zero-order valence-corrected chi connectivity index (χ0v) is 18.7. The maximum absolute atomic E-state index is 12.8. The van der Waals surface area contributed by atoms with E-state index in [9.17, 15) is 26.4 Å². The smallest absolute Gasteiger partial charge is 0.246 e. The zero-order chi connectivity index (χ0) is 25.2. The van der Waals surface area contributed by atoms with Crippen LogP contribution in [0.25, 0.3) is 0 Å². The fraction of sp³-hybridized carbons (Fsp3) is 0.125. The molecule has 7 nitrogen and oxygen atoms in total. The van der Waals surface area contributed by atoms with Crippen LogP contribution in [0.5, 0.6) is 0 Å². The molecule has 4 rings (SSSR count). The average Bonchev–Trinajstić information content (AvgIpc) is 3.30. The molecule has 0 radical (unpaired) electrons.